The van der Waals surface area contributed by atoms with Gasteiger partial charge in [-0.2, -0.15) is 0 Å². The third kappa shape index (κ3) is 3.85. The van der Waals surface area contributed by atoms with Crippen molar-refractivity contribution in [1.29, 1.82) is 0 Å². The van der Waals surface area contributed by atoms with Crippen molar-refractivity contribution in [1.82, 2.24) is 0 Å². The normalized spacial score (nSPS) is 10.8. The molecule has 1 aromatic rings. The van der Waals surface area contributed by atoms with Gasteiger partial charge in [0.2, 0.25) is 0 Å². The molecule has 0 heterocycles. The zero-order chi connectivity index (χ0) is 13.1. The van der Waals surface area contributed by atoms with Gasteiger partial charge in [-0.15, -0.1) is 0 Å². The van der Waals surface area contributed by atoms with Crippen LogP contribution in [-0.4, -0.2) is 23.4 Å². The summed E-state index contributed by atoms with van der Waals surface area (Å²) < 4.78 is 8.92. The summed E-state index contributed by atoms with van der Waals surface area (Å²) in [7, 11) is 1.31. The molecule has 1 aromatic carbocycles. The van der Waals surface area contributed by atoms with E-state index in [1.165, 1.54) is 19.2 Å². The number of alkyl halides is 1. The summed E-state index contributed by atoms with van der Waals surface area (Å²) in [5.74, 6) is -0.442. The molecular weight excluding hydrogens is 288 g/mol. The van der Waals surface area contributed by atoms with Crippen molar-refractivity contribution in [2.75, 3.05) is 7.11 Å². The van der Waals surface area contributed by atoms with E-state index in [1.54, 1.807) is 26.0 Å². The Kier molecular flexibility index (Phi) is 4.28. The molecule has 0 aliphatic heterocycles. The summed E-state index contributed by atoms with van der Waals surface area (Å²) in [6.07, 6.45) is 0. The monoisotopic (exact) mass is 300 g/mol. The lowest BCUT2D eigenvalue weighted by atomic mass is 10.2. The molecule has 0 unspecified atom stereocenters. The summed E-state index contributed by atoms with van der Waals surface area (Å²) in [5, 5.41) is 0. The summed E-state index contributed by atoms with van der Waals surface area (Å²) in [6, 6.07) is 6.16. The maximum absolute atomic E-state index is 11.5. The van der Waals surface area contributed by atoms with E-state index in [1.807, 2.05) is 0 Å². The molecule has 0 saturated heterocycles. The minimum absolute atomic E-state index is 0.384. The van der Waals surface area contributed by atoms with Crippen molar-refractivity contribution < 1.29 is 19.1 Å². The summed E-state index contributed by atoms with van der Waals surface area (Å²) in [6.45, 7) is 3.39. The second kappa shape index (κ2) is 5.31. The number of carbonyl (C=O) groups is 2. The zero-order valence-electron chi connectivity index (χ0n) is 9.82. The molecule has 0 spiro atoms. The van der Waals surface area contributed by atoms with Crippen LogP contribution in [0.5, 0.6) is 5.75 Å². The van der Waals surface area contributed by atoms with E-state index in [0.717, 1.165) is 0 Å². The van der Waals surface area contributed by atoms with Gasteiger partial charge in [0.25, 0.3) is 0 Å². The third-order valence-electron chi connectivity index (χ3n) is 1.97. The van der Waals surface area contributed by atoms with Crippen LogP contribution in [0.4, 0.5) is 0 Å². The topological polar surface area (TPSA) is 52.6 Å². The molecule has 0 saturated carbocycles. The minimum atomic E-state index is -0.742. The number of rotatable bonds is 3. The quantitative estimate of drug-likeness (QED) is 0.489. The number of halogens is 1. The van der Waals surface area contributed by atoms with Gasteiger partial charge in [-0.3, -0.25) is 4.79 Å². The molecule has 0 aliphatic carbocycles. The van der Waals surface area contributed by atoms with Crippen LogP contribution < -0.4 is 4.74 Å². The van der Waals surface area contributed by atoms with Gasteiger partial charge < -0.3 is 9.47 Å². The van der Waals surface area contributed by atoms with E-state index in [9.17, 15) is 9.59 Å². The Labute approximate surface area is 108 Å². The fourth-order valence-corrected chi connectivity index (χ4v) is 1.09. The fraction of sp³-hybridized carbons (Fsp3) is 0.333. The molecule has 0 atom stereocenters. The predicted octanol–water partition coefficient (Wildman–Crippen LogP) is 2.55. The Morgan fingerprint density at radius 1 is 1.18 bits per heavy atom. The second-order valence-electron chi connectivity index (χ2n) is 3.88. The molecule has 0 N–H and O–H groups in total. The molecule has 17 heavy (non-hydrogen) atoms. The number of ether oxygens (including phenoxy) is 2. The van der Waals surface area contributed by atoms with Gasteiger partial charge in [0, 0.05) is 0 Å². The fourth-order valence-electron chi connectivity index (χ4n) is 1.01. The van der Waals surface area contributed by atoms with Gasteiger partial charge in [-0.05, 0) is 38.1 Å². The number of hydrogen-bond donors (Lipinski definition) is 0. The van der Waals surface area contributed by atoms with Crippen molar-refractivity contribution in [2.24, 2.45) is 0 Å². The number of benzene rings is 1. The lowest BCUT2D eigenvalue weighted by Gasteiger charge is -2.14. The van der Waals surface area contributed by atoms with Crippen LogP contribution in [-0.2, 0) is 9.53 Å². The average molecular weight is 301 g/mol. The first kappa shape index (κ1) is 13.7. The molecular formula is C12H13BrO4. The average Bonchev–Trinajstić information content (AvgIpc) is 2.27. The number of hydrogen-bond acceptors (Lipinski definition) is 4. The van der Waals surface area contributed by atoms with Crippen molar-refractivity contribution in [3.63, 3.8) is 0 Å². The molecule has 0 radical (unpaired) electrons. The number of methoxy groups -OCH3 is 1. The summed E-state index contributed by atoms with van der Waals surface area (Å²) >= 11 is 3.20. The molecule has 0 aromatic heterocycles. The van der Waals surface area contributed by atoms with Gasteiger partial charge >= 0.3 is 11.9 Å². The standard InChI is InChI=1S/C12H13BrO4/c1-12(2,13)11(15)17-9-6-4-8(5-7-9)10(14)16-3/h4-7H,1-3H3. The first-order chi connectivity index (χ1) is 7.84. The molecule has 5 heteroatoms. The number of esters is 2. The predicted molar refractivity (Wildman–Crippen MR) is 66.4 cm³/mol. The highest BCUT2D eigenvalue weighted by atomic mass is 79.9. The van der Waals surface area contributed by atoms with Crippen LogP contribution in [0.15, 0.2) is 24.3 Å². The SMILES string of the molecule is COC(=O)c1ccc(OC(=O)C(C)(C)Br)cc1. The largest absolute Gasteiger partial charge is 0.465 e. The van der Waals surface area contributed by atoms with Gasteiger partial charge in [0.05, 0.1) is 12.7 Å². The summed E-state index contributed by atoms with van der Waals surface area (Å²) in [5.41, 5.74) is 0.408. The van der Waals surface area contributed by atoms with Crippen LogP contribution in [0.25, 0.3) is 0 Å². The van der Waals surface area contributed by atoms with E-state index in [0.29, 0.717) is 11.3 Å². The van der Waals surface area contributed by atoms with Gasteiger partial charge in [-0.25, -0.2) is 4.79 Å². The Balaban J connectivity index is 2.76. The summed E-state index contributed by atoms with van der Waals surface area (Å²) in [4.78, 5) is 22.7. The van der Waals surface area contributed by atoms with Crippen LogP contribution in [0.1, 0.15) is 24.2 Å². The molecule has 0 amide bonds. The second-order valence-corrected chi connectivity index (χ2v) is 5.86. The highest BCUT2D eigenvalue weighted by Crippen LogP contribution is 2.20. The maximum Gasteiger partial charge on any atom is 0.337 e. The van der Waals surface area contributed by atoms with Crippen LogP contribution in [0, 0.1) is 0 Å². The maximum atomic E-state index is 11.5. The lowest BCUT2D eigenvalue weighted by Crippen LogP contribution is -2.29. The van der Waals surface area contributed by atoms with Crippen molar-refractivity contribution in [3.8, 4) is 5.75 Å². The Morgan fingerprint density at radius 3 is 2.12 bits per heavy atom. The number of carbonyl (C=O) groups excluding carboxylic acids is 2. The molecule has 4 nitrogen and oxygen atoms in total. The van der Waals surface area contributed by atoms with Crippen LogP contribution in [0.3, 0.4) is 0 Å². The van der Waals surface area contributed by atoms with E-state index in [2.05, 4.69) is 20.7 Å². The third-order valence-corrected chi connectivity index (χ3v) is 2.30. The van der Waals surface area contributed by atoms with E-state index >= 15 is 0 Å². The lowest BCUT2D eigenvalue weighted by molar-refractivity contribution is -0.136. The highest BCUT2D eigenvalue weighted by Gasteiger charge is 2.26. The Hall–Kier alpha value is -1.36. The van der Waals surface area contributed by atoms with Gasteiger partial charge in [-0.1, -0.05) is 15.9 Å². The molecule has 0 aliphatic rings. The first-order valence-electron chi connectivity index (χ1n) is 4.94. The first-order valence-corrected chi connectivity index (χ1v) is 5.73. The molecule has 0 fully saturated rings. The highest BCUT2D eigenvalue weighted by molar-refractivity contribution is 9.10. The van der Waals surface area contributed by atoms with Gasteiger partial charge in [0.1, 0.15) is 10.1 Å². The smallest absolute Gasteiger partial charge is 0.337 e. The zero-order valence-corrected chi connectivity index (χ0v) is 11.4. The van der Waals surface area contributed by atoms with Crippen molar-refractivity contribution in [3.05, 3.63) is 29.8 Å². The van der Waals surface area contributed by atoms with Gasteiger partial charge in [0.15, 0.2) is 0 Å². The Bertz CT molecular complexity index is 417. The van der Waals surface area contributed by atoms with Crippen LogP contribution in [0.2, 0.25) is 0 Å². The van der Waals surface area contributed by atoms with E-state index in [-0.39, 0.29) is 0 Å². The Morgan fingerprint density at radius 2 is 1.71 bits per heavy atom. The van der Waals surface area contributed by atoms with Crippen molar-refractivity contribution >= 4 is 27.9 Å². The van der Waals surface area contributed by atoms with Crippen LogP contribution >= 0.6 is 15.9 Å². The molecule has 1 rings (SSSR count). The minimum Gasteiger partial charge on any atom is -0.465 e. The van der Waals surface area contributed by atoms with E-state index < -0.39 is 16.3 Å². The van der Waals surface area contributed by atoms with E-state index in [4.69, 9.17) is 4.74 Å². The molecule has 92 valence electrons. The van der Waals surface area contributed by atoms with Crippen molar-refractivity contribution in [2.45, 2.75) is 18.2 Å². The molecule has 0 bridgehead atoms.